The van der Waals surface area contributed by atoms with Gasteiger partial charge in [0, 0.05) is 18.0 Å². The molecule has 0 bridgehead atoms. The first kappa shape index (κ1) is 13.2. The lowest BCUT2D eigenvalue weighted by atomic mass is 10.2. The third-order valence-electron chi connectivity index (χ3n) is 2.38. The molecule has 0 aliphatic rings. The van der Waals surface area contributed by atoms with Gasteiger partial charge < -0.3 is 0 Å². The molecule has 0 amide bonds. The van der Waals surface area contributed by atoms with Gasteiger partial charge in [-0.25, -0.2) is 0 Å². The Balaban J connectivity index is 2.19. The molecule has 0 fully saturated rings. The van der Waals surface area contributed by atoms with Crippen molar-refractivity contribution in [1.29, 1.82) is 0 Å². The van der Waals surface area contributed by atoms with Gasteiger partial charge in [-0.15, -0.1) is 0 Å². The fourth-order valence-electron chi connectivity index (χ4n) is 1.36. The normalized spacial score (nSPS) is 12.2. The molecule has 0 radical (unpaired) electrons. The summed E-state index contributed by atoms with van der Waals surface area (Å²) >= 11 is 0. The highest BCUT2D eigenvalue weighted by atomic mass is 32.2. The lowest BCUT2D eigenvalue weighted by Crippen LogP contribution is -2.05. The van der Waals surface area contributed by atoms with E-state index in [1.165, 1.54) is 12.1 Å². The van der Waals surface area contributed by atoms with Crippen molar-refractivity contribution in [2.45, 2.75) is 11.8 Å². The summed E-state index contributed by atoms with van der Waals surface area (Å²) in [5.41, 5.74) is 1.14. The van der Waals surface area contributed by atoms with Crippen LogP contribution in [-0.2, 0) is 14.4 Å². The molecule has 6 heteroatoms. The molecule has 0 spiro atoms. The molecule has 2 aromatic rings. The standard InChI is InChI=1S/C13H12N2O3S/c1-11(12-6-5-9-14-10-12)15-18-19(16,17)13-7-3-2-4-8-13/h2-10H,1H3. The first-order valence-corrected chi connectivity index (χ1v) is 6.94. The van der Waals surface area contributed by atoms with Gasteiger partial charge in [-0.2, -0.15) is 8.42 Å². The Morgan fingerprint density at radius 2 is 1.89 bits per heavy atom. The molecule has 0 saturated carbocycles. The SMILES string of the molecule is CC(=NOS(=O)(=O)c1ccccc1)c1cccnc1. The molecule has 0 atom stereocenters. The van der Waals surface area contributed by atoms with Gasteiger partial charge in [0.1, 0.15) is 4.90 Å². The van der Waals surface area contributed by atoms with Crippen LogP contribution < -0.4 is 0 Å². The van der Waals surface area contributed by atoms with Crippen molar-refractivity contribution >= 4 is 15.8 Å². The van der Waals surface area contributed by atoms with Crippen LogP contribution in [0.25, 0.3) is 0 Å². The third-order valence-corrected chi connectivity index (χ3v) is 3.50. The van der Waals surface area contributed by atoms with Crippen LogP contribution in [0.2, 0.25) is 0 Å². The Morgan fingerprint density at radius 3 is 2.53 bits per heavy atom. The summed E-state index contributed by atoms with van der Waals surface area (Å²) in [6.45, 7) is 1.65. The zero-order chi connectivity index (χ0) is 13.7. The van der Waals surface area contributed by atoms with E-state index in [0.717, 1.165) is 0 Å². The quantitative estimate of drug-likeness (QED) is 0.634. The summed E-state index contributed by atoms with van der Waals surface area (Å²) in [7, 11) is -3.87. The Hall–Kier alpha value is -2.21. The molecule has 98 valence electrons. The third kappa shape index (κ3) is 3.38. The molecule has 0 aliphatic heterocycles. The van der Waals surface area contributed by atoms with E-state index in [9.17, 15) is 8.42 Å². The Morgan fingerprint density at radius 1 is 1.16 bits per heavy atom. The van der Waals surface area contributed by atoms with E-state index < -0.39 is 10.1 Å². The van der Waals surface area contributed by atoms with Crippen molar-refractivity contribution in [2.75, 3.05) is 0 Å². The van der Waals surface area contributed by atoms with E-state index in [-0.39, 0.29) is 4.90 Å². The van der Waals surface area contributed by atoms with Gasteiger partial charge in [-0.1, -0.05) is 23.4 Å². The predicted molar refractivity (Wildman–Crippen MR) is 71.2 cm³/mol. The predicted octanol–water partition coefficient (Wildman–Crippen LogP) is 2.21. The number of hydrogen-bond acceptors (Lipinski definition) is 5. The van der Waals surface area contributed by atoms with Crippen LogP contribution in [-0.4, -0.2) is 19.1 Å². The molecular formula is C13H12N2O3S. The Bertz CT molecular complexity index is 668. The van der Waals surface area contributed by atoms with Crippen molar-refractivity contribution in [3.05, 3.63) is 60.4 Å². The monoisotopic (exact) mass is 276 g/mol. The first-order valence-electron chi connectivity index (χ1n) is 5.53. The molecule has 0 saturated heterocycles. The van der Waals surface area contributed by atoms with E-state index in [0.29, 0.717) is 11.3 Å². The molecule has 2 rings (SSSR count). The number of hydrogen-bond donors (Lipinski definition) is 0. The maximum Gasteiger partial charge on any atom is 0.358 e. The molecule has 0 unspecified atom stereocenters. The second-order valence-corrected chi connectivity index (χ2v) is 5.29. The molecule has 19 heavy (non-hydrogen) atoms. The number of rotatable bonds is 4. The molecule has 1 heterocycles. The lowest BCUT2D eigenvalue weighted by Gasteiger charge is -2.02. The van der Waals surface area contributed by atoms with E-state index >= 15 is 0 Å². The average Bonchev–Trinajstić information content (AvgIpc) is 2.47. The van der Waals surface area contributed by atoms with Crippen molar-refractivity contribution in [3.8, 4) is 0 Å². The van der Waals surface area contributed by atoms with Crippen LogP contribution in [0.5, 0.6) is 0 Å². The topological polar surface area (TPSA) is 68.6 Å². The summed E-state index contributed by atoms with van der Waals surface area (Å²) in [5, 5.41) is 3.63. The van der Waals surface area contributed by atoms with E-state index in [1.807, 2.05) is 0 Å². The number of aromatic nitrogens is 1. The minimum Gasteiger partial charge on any atom is -0.265 e. The van der Waals surface area contributed by atoms with Gasteiger partial charge in [0.05, 0.1) is 5.71 Å². The number of pyridine rings is 1. The molecular weight excluding hydrogens is 264 g/mol. The largest absolute Gasteiger partial charge is 0.358 e. The van der Waals surface area contributed by atoms with Crippen molar-refractivity contribution < 1.29 is 12.7 Å². The van der Waals surface area contributed by atoms with Gasteiger partial charge >= 0.3 is 10.1 Å². The Labute approximate surface area is 111 Å². The second-order valence-electron chi connectivity index (χ2n) is 3.76. The molecule has 0 aliphatic carbocycles. The molecule has 1 aromatic heterocycles. The summed E-state index contributed by atoms with van der Waals surface area (Å²) in [5.74, 6) is 0. The highest BCUT2D eigenvalue weighted by Crippen LogP contribution is 2.12. The van der Waals surface area contributed by atoms with Crippen LogP contribution >= 0.6 is 0 Å². The lowest BCUT2D eigenvalue weighted by molar-refractivity contribution is 0.339. The summed E-state index contributed by atoms with van der Waals surface area (Å²) < 4.78 is 28.3. The van der Waals surface area contributed by atoms with Crippen molar-refractivity contribution in [2.24, 2.45) is 5.16 Å². The number of benzene rings is 1. The van der Waals surface area contributed by atoms with E-state index in [4.69, 9.17) is 0 Å². The van der Waals surface area contributed by atoms with E-state index in [1.54, 1.807) is 49.6 Å². The van der Waals surface area contributed by atoms with Crippen molar-refractivity contribution in [1.82, 2.24) is 4.98 Å². The fourth-order valence-corrected chi connectivity index (χ4v) is 2.15. The van der Waals surface area contributed by atoms with Gasteiger partial charge in [0.15, 0.2) is 0 Å². The highest BCUT2D eigenvalue weighted by Gasteiger charge is 2.15. The van der Waals surface area contributed by atoms with Crippen LogP contribution in [0.1, 0.15) is 12.5 Å². The van der Waals surface area contributed by atoms with Gasteiger partial charge in [0.25, 0.3) is 0 Å². The zero-order valence-corrected chi connectivity index (χ0v) is 11.0. The first-order chi connectivity index (χ1) is 9.09. The van der Waals surface area contributed by atoms with Gasteiger partial charge in [0.2, 0.25) is 0 Å². The maximum absolute atomic E-state index is 11.8. The summed E-state index contributed by atoms with van der Waals surface area (Å²) in [6, 6.07) is 11.4. The van der Waals surface area contributed by atoms with Crippen LogP contribution in [0.3, 0.4) is 0 Å². The zero-order valence-electron chi connectivity index (χ0n) is 10.2. The van der Waals surface area contributed by atoms with Gasteiger partial charge in [-0.05, 0) is 31.2 Å². The fraction of sp³-hybridized carbons (Fsp3) is 0.0769. The summed E-state index contributed by atoms with van der Waals surface area (Å²) in [4.78, 5) is 3.99. The minimum atomic E-state index is -3.87. The average molecular weight is 276 g/mol. The highest BCUT2D eigenvalue weighted by molar-refractivity contribution is 7.86. The van der Waals surface area contributed by atoms with Crippen LogP contribution in [0.15, 0.2) is 64.9 Å². The van der Waals surface area contributed by atoms with Crippen molar-refractivity contribution in [3.63, 3.8) is 0 Å². The molecule has 5 nitrogen and oxygen atoms in total. The van der Waals surface area contributed by atoms with E-state index in [2.05, 4.69) is 14.4 Å². The van der Waals surface area contributed by atoms with Crippen LogP contribution in [0, 0.1) is 0 Å². The van der Waals surface area contributed by atoms with Gasteiger partial charge in [-0.3, -0.25) is 9.27 Å². The smallest absolute Gasteiger partial charge is 0.265 e. The molecule has 1 aromatic carbocycles. The van der Waals surface area contributed by atoms with Crippen LogP contribution in [0.4, 0.5) is 0 Å². The summed E-state index contributed by atoms with van der Waals surface area (Å²) in [6.07, 6.45) is 3.20. The number of oxime groups is 1. The second kappa shape index (κ2) is 5.62. The maximum atomic E-state index is 11.8. The Kier molecular flexibility index (Phi) is 3.91. The minimum absolute atomic E-state index is 0.0673. The molecule has 0 N–H and O–H groups in total. The number of nitrogens with zero attached hydrogens (tertiary/aromatic N) is 2.